The summed E-state index contributed by atoms with van der Waals surface area (Å²) in [5.74, 6) is 0.578. The average molecular weight is 283 g/mol. The standard InChI is InChI=1S/C15H23ClN2O/c1-11(17)15(13-4-2-3-5-14(13)16)18-8-6-12(10-18)7-9-19/h2-5,11-12,15,19H,6-10,17H2,1H3. The van der Waals surface area contributed by atoms with Crippen LogP contribution in [0.15, 0.2) is 24.3 Å². The molecule has 19 heavy (non-hydrogen) atoms. The van der Waals surface area contributed by atoms with Crippen LogP contribution in [-0.2, 0) is 0 Å². The summed E-state index contributed by atoms with van der Waals surface area (Å²) in [6.45, 7) is 4.33. The molecule has 1 heterocycles. The largest absolute Gasteiger partial charge is 0.396 e. The lowest BCUT2D eigenvalue weighted by Gasteiger charge is -2.32. The third-order valence-electron chi connectivity index (χ3n) is 3.97. The van der Waals surface area contributed by atoms with Crippen LogP contribution in [-0.4, -0.2) is 35.7 Å². The molecule has 1 aliphatic heterocycles. The Hall–Kier alpha value is -0.610. The molecular weight excluding hydrogens is 260 g/mol. The predicted octanol–water partition coefficient (Wildman–Crippen LogP) is 2.43. The summed E-state index contributed by atoms with van der Waals surface area (Å²) in [5.41, 5.74) is 7.30. The summed E-state index contributed by atoms with van der Waals surface area (Å²) in [6.07, 6.45) is 2.01. The van der Waals surface area contributed by atoms with Crippen molar-refractivity contribution in [1.29, 1.82) is 0 Å². The smallest absolute Gasteiger partial charge is 0.0511 e. The van der Waals surface area contributed by atoms with E-state index < -0.39 is 0 Å². The van der Waals surface area contributed by atoms with E-state index in [2.05, 4.69) is 11.0 Å². The Bertz CT molecular complexity index is 411. The zero-order valence-electron chi connectivity index (χ0n) is 11.4. The van der Waals surface area contributed by atoms with Gasteiger partial charge in [-0.25, -0.2) is 0 Å². The molecule has 3 N–H and O–H groups in total. The van der Waals surface area contributed by atoms with Gasteiger partial charge >= 0.3 is 0 Å². The molecule has 0 spiro atoms. The molecule has 1 aliphatic rings. The van der Waals surface area contributed by atoms with E-state index >= 15 is 0 Å². The second-order valence-corrected chi connectivity index (χ2v) is 5.89. The molecule has 0 radical (unpaired) electrons. The number of halogens is 1. The van der Waals surface area contributed by atoms with Crippen molar-refractivity contribution in [1.82, 2.24) is 4.90 Å². The molecule has 0 amide bonds. The first kappa shape index (κ1) is 14.8. The molecule has 4 heteroatoms. The molecule has 0 bridgehead atoms. The van der Waals surface area contributed by atoms with Gasteiger partial charge in [-0.15, -0.1) is 0 Å². The summed E-state index contributed by atoms with van der Waals surface area (Å²) in [5, 5.41) is 9.84. The van der Waals surface area contributed by atoms with Crippen LogP contribution >= 0.6 is 11.6 Å². The van der Waals surface area contributed by atoms with E-state index in [0.29, 0.717) is 5.92 Å². The molecule has 0 aliphatic carbocycles. The van der Waals surface area contributed by atoms with Gasteiger partial charge < -0.3 is 10.8 Å². The van der Waals surface area contributed by atoms with Gasteiger partial charge in [0.15, 0.2) is 0 Å². The maximum absolute atomic E-state index is 9.06. The number of likely N-dealkylation sites (tertiary alicyclic amines) is 1. The summed E-state index contributed by atoms with van der Waals surface area (Å²) >= 11 is 6.32. The number of nitrogens with two attached hydrogens (primary N) is 1. The molecule has 1 aromatic carbocycles. The maximum atomic E-state index is 9.06. The van der Waals surface area contributed by atoms with Gasteiger partial charge in [-0.3, -0.25) is 4.90 Å². The molecule has 2 rings (SSSR count). The van der Waals surface area contributed by atoms with E-state index in [1.807, 2.05) is 25.1 Å². The quantitative estimate of drug-likeness (QED) is 0.872. The summed E-state index contributed by atoms with van der Waals surface area (Å²) < 4.78 is 0. The van der Waals surface area contributed by atoms with Gasteiger partial charge in [0.05, 0.1) is 6.04 Å². The molecule has 0 saturated carbocycles. The van der Waals surface area contributed by atoms with Crippen molar-refractivity contribution in [3.05, 3.63) is 34.9 Å². The molecular formula is C15H23ClN2O. The predicted molar refractivity (Wildman–Crippen MR) is 79.2 cm³/mol. The molecule has 1 saturated heterocycles. The van der Waals surface area contributed by atoms with Gasteiger partial charge in [-0.2, -0.15) is 0 Å². The first-order chi connectivity index (χ1) is 9.13. The third kappa shape index (κ3) is 3.48. The number of nitrogens with zero attached hydrogens (tertiary/aromatic N) is 1. The van der Waals surface area contributed by atoms with Crippen LogP contribution < -0.4 is 5.73 Å². The van der Waals surface area contributed by atoms with Gasteiger partial charge in [0.1, 0.15) is 0 Å². The van der Waals surface area contributed by atoms with Crippen molar-refractivity contribution in [3.63, 3.8) is 0 Å². The average Bonchev–Trinajstić information content (AvgIpc) is 2.80. The Labute approximate surface area is 120 Å². The second kappa shape index (κ2) is 6.71. The normalized spacial score (nSPS) is 23.5. The van der Waals surface area contributed by atoms with E-state index in [1.165, 1.54) is 0 Å². The van der Waals surface area contributed by atoms with Crippen LogP contribution in [0.5, 0.6) is 0 Å². The number of hydrogen-bond acceptors (Lipinski definition) is 3. The highest BCUT2D eigenvalue weighted by atomic mass is 35.5. The Balaban J connectivity index is 2.16. The summed E-state index contributed by atoms with van der Waals surface area (Å²) in [4.78, 5) is 2.41. The fourth-order valence-corrected chi connectivity index (χ4v) is 3.31. The van der Waals surface area contributed by atoms with Gasteiger partial charge in [0.25, 0.3) is 0 Å². The summed E-state index contributed by atoms with van der Waals surface area (Å²) in [7, 11) is 0. The third-order valence-corrected chi connectivity index (χ3v) is 4.31. The number of aliphatic hydroxyl groups is 1. The fraction of sp³-hybridized carbons (Fsp3) is 0.600. The van der Waals surface area contributed by atoms with Crippen LogP contribution in [0.2, 0.25) is 5.02 Å². The molecule has 1 fully saturated rings. The lowest BCUT2D eigenvalue weighted by Crippen LogP contribution is -2.38. The van der Waals surface area contributed by atoms with Crippen LogP contribution in [0.1, 0.15) is 31.4 Å². The minimum Gasteiger partial charge on any atom is -0.396 e. The topological polar surface area (TPSA) is 49.5 Å². The molecule has 106 valence electrons. The van der Waals surface area contributed by atoms with E-state index in [1.54, 1.807) is 0 Å². The van der Waals surface area contributed by atoms with Crippen molar-refractivity contribution >= 4 is 11.6 Å². The molecule has 1 aromatic rings. The number of rotatable bonds is 5. The Morgan fingerprint density at radius 2 is 2.21 bits per heavy atom. The second-order valence-electron chi connectivity index (χ2n) is 5.49. The highest BCUT2D eigenvalue weighted by Gasteiger charge is 2.31. The van der Waals surface area contributed by atoms with Gasteiger partial charge in [-0.05, 0) is 43.9 Å². The van der Waals surface area contributed by atoms with Crippen molar-refractivity contribution in [2.45, 2.75) is 31.8 Å². The van der Waals surface area contributed by atoms with Crippen molar-refractivity contribution < 1.29 is 5.11 Å². The maximum Gasteiger partial charge on any atom is 0.0511 e. The number of hydrogen-bond donors (Lipinski definition) is 2. The lowest BCUT2D eigenvalue weighted by molar-refractivity contribution is 0.201. The number of aliphatic hydroxyl groups excluding tert-OH is 1. The monoisotopic (exact) mass is 282 g/mol. The van der Waals surface area contributed by atoms with Gasteiger partial charge in [-0.1, -0.05) is 29.8 Å². The van der Waals surface area contributed by atoms with Crippen molar-refractivity contribution in [2.75, 3.05) is 19.7 Å². The molecule has 0 aromatic heterocycles. The zero-order valence-corrected chi connectivity index (χ0v) is 12.2. The minimum atomic E-state index is 0.0350. The van der Waals surface area contributed by atoms with E-state index in [-0.39, 0.29) is 18.7 Å². The van der Waals surface area contributed by atoms with Crippen LogP contribution in [0, 0.1) is 5.92 Å². The Morgan fingerprint density at radius 1 is 1.47 bits per heavy atom. The van der Waals surface area contributed by atoms with Crippen molar-refractivity contribution in [2.24, 2.45) is 11.7 Å². The fourth-order valence-electron chi connectivity index (χ4n) is 3.06. The first-order valence-corrected chi connectivity index (χ1v) is 7.36. The van der Waals surface area contributed by atoms with Gasteiger partial charge in [0.2, 0.25) is 0 Å². The minimum absolute atomic E-state index is 0.0350. The van der Waals surface area contributed by atoms with Gasteiger partial charge in [0, 0.05) is 24.2 Å². The van der Waals surface area contributed by atoms with Crippen LogP contribution in [0.25, 0.3) is 0 Å². The highest BCUT2D eigenvalue weighted by Crippen LogP contribution is 2.34. The lowest BCUT2D eigenvalue weighted by atomic mass is 9.99. The SMILES string of the molecule is CC(N)C(c1ccccc1Cl)N1CCC(CCO)C1. The zero-order chi connectivity index (χ0) is 13.8. The van der Waals surface area contributed by atoms with E-state index in [0.717, 1.165) is 36.5 Å². The van der Waals surface area contributed by atoms with Crippen LogP contribution in [0.4, 0.5) is 0 Å². The Morgan fingerprint density at radius 3 is 2.84 bits per heavy atom. The van der Waals surface area contributed by atoms with Crippen molar-refractivity contribution in [3.8, 4) is 0 Å². The summed E-state index contributed by atoms with van der Waals surface area (Å²) in [6, 6.07) is 8.15. The van der Waals surface area contributed by atoms with Crippen LogP contribution in [0.3, 0.4) is 0 Å². The van der Waals surface area contributed by atoms with E-state index in [9.17, 15) is 0 Å². The highest BCUT2D eigenvalue weighted by molar-refractivity contribution is 6.31. The first-order valence-electron chi connectivity index (χ1n) is 6.98. The molecule has 3 nitrogen and oxygen atoms in total. The van der Waals surface area contributed by atoms with E-state index in [4.69, 9.17) is 22.4 Å². The molecule has 3 atom stereocenters. The number of benzene rings is 1. The molecule has 3 unspecified atom stereocenters. The Kier molecular flexibility index (Phi) is 5.22.